The number of benzene rings is 2. The largest absolute Gasteiger partial charge is 0.488 e. The van der Waals surface area contributed by atoms with Crippen molar-refractivity contribution in [2.75, 3.05) is 5.32 Å². The Balaban J connectivity index is 2.30. The number of hydrogen-bond donors (Lipinski definition) is 1. The van der Waals surface area contributed by atoms with Crippen LogP contribution in [0.25, 0.3) is 0 Å². The molecule has 5 heteroatoms. The van der Waals surface area contributed by atoms with Crippen LogP contribution in [0.3, 0.4) is 0 Å². The van der Waals surface area contributed by atoms with Gasteiger partial charge in [0.2, 0.25) is 5.91 Å². The maximum absolute atomic E-state index is 13.2. The molecular weight excluding hydrogens is 324 g/mol. The molecule has 0 fully saturated rings. The highest BCUT2D eigenvalue weighted by Gasteiger charge is 2.16. The van der Waals surface area contributed by atoms with E-state index in [0.29, 0.717) is 12.1 Å². The predicted octanol–water partition coefficient (Wildman–Crippen LogP) is 5.42. The van der Waals surface area contributed by atoms with Gasteiger partial charge in [0.1, 0.15) is 12.4 Å². The third-order valence-corrected chi connectivity index (χ3v) is 4.02. The molecule has 0 unspecified atom stereocenters. The third kappa shape index (κ3) is 4.78. The number of halogens is 2. The molecule has 0 heterocycles. The molecule has 2 rings (SSSR count). The Morgan fingerprint density at radius 2 is 1.96 bits per heavy atom. The molecule has 2 aromatic rings. The Labute approximate surface area is 147 Å². The Hall–Kier alpha value is -2.43. The quantitative estimate of drug-likeness (QED) is 0.726. The van der Waals surface area contributed by atoms with Crippen molar-refractivity contribution in [3.8, 4) is 5.75 Å². The van der Waals surface area contributed by atoms with Gasteiger partial charge in [-0.3, -0.25) is 4.79 Å². The van der Waals surface area contributed by atoms with Crippen molar-refractivity contribution in [3.05, 3.63) is 58.7 Å². The van der Waals surface area contributed by atoms with Crippen LogP contribution >= 0.6 is 0 Å². The van der Waals surface area contributed by atoms with Gasteiger partial charge in [0.05, 0.1) is 5.56 Å². The van der Waals surface area contributed by atoms with E-state index in [4.69, 9.17) is 4.74 Å². The zero-order valence-electron chi connectivity index (χ0n) is 14.7. The summed E-state index contributed by atoms with van der Waals surface area (Å²) in [5, 5.41) is 2.85. The smallest absolute Gasteiger partial charge is 0.267 e. The number of carbonyl (C=O) groups excluding carboxylic acids is 1. The highest BCUT2D eigenvalue weighted by molar-refractivity contribution is 5.91. The van der Waals surface area contributed by atoms with Crippen LogP contribution in [0.4, 0.5) is 14.5 Å². The summed E-state index contributed by atoms with van der Waals surface area (Å²) in [6.07, 6.45) is -1.48. The van der Waals surface area contributed by atoms with Crippen LogP contribution in [0.5, 0.6) is 5.75 Å². The maximum atomic E-state index is 13.2. The first-order chi connectivity index (χ1) is 12.0. The average Bonchev–Trinajstić information content (AvgIpc) is 2.60. The zero-order chi connectivity index (χ0) is 18.4. The average molecular weight is 347 g/mol. The third-order valence-electron chi connectivity index (χ3n) is 4.02. The molecule has 0 aromatic heterocycles. The molecule has 1 amide bonds. The van der Waals surface area contributed by atoms with Crippen molar-refractivity contribution in [1.29, 1.82) is 0 Å². The minimum atomic E-state index is -2.60. The van der Waals surface area contributed by atoms with Gasteiger partial charge in [-0.15, -0.1) is 0 Å². The SMILES string of the molecule is CCC(=O)Nc1cccc(CC)c1COc1ccc(C)cc1C(F)F. The molecule has 0 aliphatic rings. The summed E-state index contributed by atoms with van der Waals surface area (Å²) in [5.41, 5.74) is 3.13. The molecule has 134 valence electrons. The number of hydrogen-bond acceptors (Lipinski definition) is 2. The fraction of sp³-hybridized carbons (Fsp3) is 0.350. The fourth-order valence-corrected chi connectivity index (χ4v) is 2.61. The summed E-state index contributed by atoms with van der Waals surface area (Å²) < 4.78 is 32.2. The number of carbonyl (C=O) groups is 1. The van der Waals surface area contributed by atoms with E-state index in [0.717, 1.165) is 23.1 Å². The number of alkyl halides is 2. The monoisotopic (exact) mass is 347 g/mol. The molecule has 25 heavy (non-hydrogen) atoms. The number of anilines is 1. The van der Waals surface area contributed by atoms with Crippen LogP contribution in [-0.4, -0.2) is 5.91 Å². The van der Waals surface area contributed by atoms with Crippen LogP contribution in [-0.2, 0) is 17.8 Å². The molecule has 2 aromatic carbocycles. The van der Waals surface area contributed by atoms with Crippen molar-refractivity contribution < 1.29 is 18.3 Å². The van der Waals surface area contributed by atoms with E-state index in [1.807, 2.05) is 19.1 Å². The topological polar surface area (TPSA) is 38.3 Å². The minimum Gasteiger partial charge on any atom is -0.488 e. The lowest BCUT2D eigenvalue weighted by Gasteiger charge is -2.17. The van der Waals surface area contributed by atoms with Gasteiger partial charge in [-0.2, -0.15) is 0 Å². The van der Waals surface area contributed by atoms with Gasteiger partial charge in [-0.25, -0.2) is 8.78 Å². The lowest BCUT2D eigenvalue weighted by Crippen LogP contribution is -2.13. The molecule has 0 aliphatic carbocycles. The van der Waals surface area contributed by atoms with Gasteiger partial charge in [0, 0.05) is 17.7 Å². The molecule has 3 nitrogen and oxygen atoms in total. The van der Waals surface area contributed by atoms with E-state index in [-0.39, 0.29) is 23.8 Å². The van der Waals surface area contributed by atoms with E-state index in [1.54, 1.807) is 32.0 Å². The zero-order valence-corrected chi connectivity index (χ0v) is 14.7. The summed E-state index contributed by atoms with van der Waals surface area (Å²) >= 11 is 0. The molecule has 0 bridgehead atoms. The summed E-state index contributed by atoms with van der Waals surface area (Å²) in [4.78, 5) is 11.7. The maximum Gasteiger partial charge on any atom is 0.267 e. The lowest BCUT2D eigenvalue weighted by atomic mass is 10.0. The van der Waals surface area contributed by atoms with Crippen LogP contribution in [0.15, 0.2) is 36.4 Å². The Kier molecular flexibility index (Phi) is 6.51. The first-order valence-electron chi connectivity index (χ1n) is 8.38. The van der Waals surface area contributed by atoms with Gasteiger partial charge in [0.15, 0.2) is 0 Å². The Bertz CT molecular complexity index is 744. The second-order valence-corrected chi connectivity index (χ2v) is 5.83. The van der Waals surface area contributed by atoms with Crippen molar-refractivity contribution in [2.45, 2.75) is 46.6 Å². The number of rotatable bonds is 7. The van der Waals surface area contributed by atoms with E-state index in [9.17, 15) is 13.6 Å². The van der Waals surface area contributed by atoms with E-state index in [1.165, 1.54) is 6.07 Å². The van der Waals surface area contributed by atoms with Crippen LogP contribution in [0.2, 0.25) is 0 Å². The molecule has 0 radical (unpaired) electrons. The Morgan fingerprint density at radius 3 is 2.60 bits per heavy atom. The number of amides is 1. The highest BCUT2D eigenvalue weighted by atomic mass is 19.3. The Morgan fingerprint density at radius 1 is 1.20 bits per heavy atom. The molecule has 0 atom stereocenters. The number of aryl methyl sites for hydroxylation is 2. The fourth-order valence-electron chi connectivity index (χ4n) is 2.61. The highest BCUT2D eigenvalue weighted by Crippen LogP contribution is 2.31. The molecular formula is C20H23F2NO2. The van der Waals surface area contributed by atoms with E-state index >= 15 is 0 Å². The summed E-state index contributed by atoms with van der Waals surface area (Å²) in [7, 11) is 0. The molecule has 1 N–H and O–H groups in total. The molecule has 0 saturated heterocycles. The summed E-state index contributed by atoms with van der Waals surface area (Å²) in [6.45, 7) is 5.66. The van der Waals surface area contributed by atoms with Gasteiger partial charge in [-0.05, 0) is 37.1 Å². The van der Waals surface area contributed by atoms with Crippen LogP contribution in [0.1, 0.15) is 48.9 Å². The van der Waals surface area contributed by atoms with Gasteiger partial charge >= 0.3 is 0 Å². The number of ether oxygens (including phenoxy) is 1. The van der Waals surface area contributed by atoms with Crippen molar-refractivity contribution in [2.24, 2.45) is 0 Å². The van der Waals surface area contributed by atoms with Crippen molar-refractivity contribution >= 4 is 11.6 Å². The van der Waals surface area contributed by atoms with Gasteiger partial charge < -0.3 is 10.1 Å². The normalized spacial score (nSPS) is 10.8. The van der Waals surface area contributed by atoms with E-state index in [2.05, 4.69) is 5.32 Å². The van der Waals surface area contributed by atoms with Crippen molar-refractivity contribution in [1.82, 2.24) is 0 Å². The van der Waals surface area contributed by atoms with E-state index < -0.39 is 6.43 Å². The predicted molar refractivity (Wildman–Crippen MR) is 95.2 cm³/mol. The lowest BCUT2D eigenvalue weighted by molar-refractivity contribution is -0.115. The second-order valence-electron chi connectivity index (χ2n) is 5.83. The second kappa shape index (κ2) is 8.60. The first-order valence-corrected chi connectivity index (χ1v) is 8.38. The molecule has 0 aliphatic heterocycles. The molecule has 0 saturated carbocycles. The number of nitrogens with one attached hydrogen (secondary N) is 1. The minimum absolute atomic E-state index is 0.0990. The van der Waals surface area contributed by atoms with Crippen LogP contribution in [0, 0.1) is 6.92 Å². The van der Waals surface area contributed by atoms with Crippen LogP contribution < -0.4 is 10.1 Å². The van der Waals surface area contributed by atoms with Gasteiger partial charge in [0.25, 0.3) is 6.43 Å². The first kappa shape index (κ1) is 18.9. The van der Waals surface area contributed by atoms with Crippen molar-refractivity contribution in [3.63, 3.8) is 0 Å². The van der Waals surface area contributed by atoms with Gasteiger partial charge in [-0.1, -0.05) is 37.6 Å². The molecule has 0 spiro atoms. The standard InChI is InChI=1S/C20H23F2NO2/c1-4-14-7-6-8-17(23-19(24)5-2)16(14)12-25-18-10-9-13(3)11-15(18)20(21)22/h6-11,20H,4-5,12H2,1-3H3,(H,23,24). The summed E-state index contributed by atoms with van der Waals surface area (Å²) in [5.74, 6) is 0.0670. The summed E-state index contributed by atoms with van der Waals surface area (Å²) in [6, 6.07) is 10.4.